The zero-order chi connectivity index (χ0) is 15.0. The van der Waals surface area contributed by atoms with E-state index < -0.39 is 40.8 Å². The fourth-order valence-corrected chi connectivity index (χ4v) is 2.36. The van der Waals surface area contributed by atoms with E-state index in [1.807, 2.05) is 0 Å². The average molecular weight is 287 g/mol. The zero-order valence-corrected chi connectivity index (χ0v) is 10.6. The molecule has 2 atom stereocenters. The fourth-order valence-electron chi connectivity index (χ4n) is 2.36. The first kappa shape index (κ1) is 14.4. The van der Waals surface area contributed by atoms with Crippen LogP contribution >= 0.6 is 0 Å². The Hall–Kier alpha value is -2.05. The Morgan fingerprint density at radius 2 is 1.75 bits per heavy atom. The second-order valence-electron chi connectivity index (χ2n) is 4.88. The summed E-state index contributed by atoms with van der Waals surface area (Å²) >= 11 is 0. The Balaban J connectivity index is 2.28. The first-order chi connectivity index (χ1) is 9.31. The molecule has 1 aromatic carbocycles. The number of carbonyl (C=O) groups excluding carboxylic acids is 1. The molecule has 0 bridgehead atoms. The van der Waals surface area contributed by atoms with E-state index in [1.54, 1.807) is 6.92 Å². The summed E-state index contributed by atoms with van der Waals surface area (Å²) in [7, 11) is 0. The van der Waals surface area contributed by atoms with Gasteiger partial charge < -0.3 is 10.0 Å². The van der Waals surface area contributed by atoms with E-state index in [2.05, 4.69) is 0 Å². The van der Waals surface area contributed by atoms with Gasteiger partial charge in [-0.05, 0) is 5.92 Å². The molecule has 0 saturated carbocycles. The number of likely N-dealkylation sites (tertiary alicyclic amines) is 1. The molecule has 1 heterocycles. The molecule has 1 aliphatic rings. The van der Waals surface area contributed by atoms with E-state index in [0.29, 0.717) is 12.1 Å². The van der Waals surface area contributed by atoms with Gasteiger partial charge in [0, 0.05) is 25.2 Å². The normalized spacial score (nSPS) is 22.1. The molecule has 0 unspecified atom stereocenters. The van der Waals surface area contributed by atoms with Crippen LogP contribution in [-0.2, 0) is 4.79 Å². The van der Waals surface area contributed by atoms with E-state index in [1.165, 1.54) is 0 Å². The van der Waals surface area contributed by atoms with Gasteiger partial charge in [-0.15, -0.1) is 0 Å². The summed E-state index contributed by atoms with van der Waals surface area (Å²) in [6, 6.07) is 0.842. The minimum Gasteiger partial charge on any atom is -0.481 e. The number of carboxylic acids is 1. The van der Waals surface area contributed by atoms with Crippen molar-refractivity contribution in [3.8, 4) is 0 Å². The monoisotopic (exact) mass is 287 g/mol. The van der Waals surface area contributed by atoms with Gasteiger partial charge in [0.15, 0.2) is 0 Å². The van der Waals surface area contributed by atoms with Crippen LogP contribution in [0.4, 0.5) is 13.2 Å². The minimum atomic E-state index is -1.29. The molecule has 7 heteroatoms. The highest BCUT2D eigenvalue weighted by molar-refractivity contribution is 5.95. The third-order valence-corrected chi connectivity index (χ3v) is 3.44. The lowest BCUT2D eigenvalue weighted by atomic mass is 9.99. The second-order valence-corrected chi connectivity index (χ2v) is 4.88. The molecule has 1 amide bonds. The van der Waals surface area contributed by atoms with Crippen LogP contribution in [0.5, 0.6) is 0 Å². The van der Waals surface area contributed by atoms with Crippen LogP contribution in [0.25, 0.3) is 0 Å². The van der Waals surface area contributed by atoms with Gasteiger partial charge in [0.05, 0.1) is 5.92 Å². The van der Waals surface area contributed by atoms with Crippen LogP contribution < -0.4 is 0 Å². The summed E-state index contributed by atoms with van der Waals surface area (Å²) in [5, 5.41) is 8.96. The third-order valence-electron chi connectivity index (χ3n) is 3.44. The smallest absolute Gasteiger partial charge is 0.308 e. The number of halogens is 3. The third kappa shape index (κ3) is 2.48. The van der Waals surface area contributed by atoms with Gasteiger partial charge in [-0.3, -0.25) is 9.59 Å². The highest BCUT2D eigenvalue weighted by Crippen LogP contribution is 2.26. The van der Waals surface area contributed by atoms with Crippen molar-refractivity contribution < 1.29 is 27.9 Å². The van der Waals surface area contributed by atoms with Crippen molar-refractivity contribution in [3.63, 3.8) is 0 Å². The molecule has 1 aliphatic heterocycles. The number of carboxylic acid groups (broad SMARTS) is 1. The number of hydrogen-bond acceptors (Lipinski definition) is 2. The van der Waals surface area contributed by atoms with E-state index in [0.717, 1.165) is 4.90 Å². The first-order valence-corrected chi connectivity index (χ1v) is 5.98. The number of nitrogens with zero attached hydrogens (tertiary/aromatic N) is 1. The fraction of sp³-hybridized carbons (Fsp3) is 0.385. The number of amides is 1. The van der Waals surface area contributed by atoms with Crippen molar-refractivity contribution >= 4 is 11.9 Å². The van der Waals surface area contributed by atoms with Gasteiger partial charge in [-0.25, -0.2) is 13.2 Å². The maximum Gasteiger partial charge on any atom is 0.308 e. The lowest BCUT2D eigenvalue weighted by Crippen LogP contribution is -2.31. The van der Waals surface area contributed by atoms with Gasteiger partial charge in [-0.2, -0.15) is 0 Å². The van der Waals surface area contributed by atoms with Crippen molar-refractivity contribution in [3.05, 3.63) is 35.1 Å². The maximum atomic E-state index is 13.5. The Kier molecular flexibility index (Phi) is 3.69. The van der Waals surface area contributed by atoms with Gasteiger partial charge in [-0.1, -0.05) is 6.92 Å². The SMILES string of the molecule is C[C@@H]1CN(C(=O)c2c(F)cc(F)cc2F)C[C@H]1C(=O)O. The molecule has 0 aromatic heterocycles. The molecule has 0 spiro atoms. The van der Waals surface area contributed by atoms with E-state index in [-0.39, 0.29) is 19.0 Å². The number of hydrogen-bond donors (Lipinski definition) is 1. The summed E-state index contributed by atoms with van der Waals surface area (Å²) in [5.74, 6) is -6.82. The van der Waals surface area contributed by atoms with Gasteiger partial charge in [0.2, 0.25) is 0 Å². The molecule has 0 radical (unpaired) electrons. The molecule has 1 fully saturated rings. The Bertz CT molecular complexity index is 553. The summed E-state index contributed by atoms with van der Waals surface area (Å²) in [6.45, 7) is 1.61. The van der Waals surface area contributed by atoms with Crippen LogP contribution in [0, 0.1) is 29.3 Å². The molecular weight excluding hydrogens is 275 g/mol. The molecule has 108 valence electrons. The van der Waals surface area contributed by atoms with Crippen molar-refractivity contribution in [2.75, 3.05) is 13.1 Å². The lowest BCUT2D eigenvalue weighted by Gasteiger charge is -2.16. The quantitative estimate of drug-likeness (QED) is 0.903. The summed E-state index contributed by atoms with van der Waals surface area (Å²) in [5.41, 5.74) is -0.857. The highest BCUT2D eigenvalue weighted by atomic mass is 19.1. The van der Waals surface area contributed by atoms with Crippen LogP contribution in [0.15, 0.2) is 12.1 Å². The largest absolute Gasteiger partial charge is 0.481 e. The minimum absolute atomic E-state index is 0.0893. The first-order valence-electron chi connectivity index (χ1n) is 5.98. The van der Waals surface area contributed by atoms with Gasteiger partial charge in [0.1, 0.15) is 23.0 Å². The van der Waals surface area contributed by atoms with Crippen LogP contribution in [0.2, 0.25) is 0 Å². The standard InChI is InChI=1S/C13H12F3NO3/c1-6-4-17(5-8(6)13(19)20)12(18)11-9(15)2-7(14)3-10(11)16/h2-3,6,8H,4-5H2,1H3,(H,19,20)/t6-,8-/m1/s1. The van der Waals surface area contributed by atoms with Crippen LogP contribution in [-0.4, -0.2) is 35.0 Å². The number of rotatable bonds is 2. The molecule has 1 aromatic rings. The van der Waals surface area contributed by atoms with Crippen LogP contribution in [0.3, 0.4) is 0 Å². The second kappa shape index (κ2) is 5.15. The summed E-state index contributed by atoms with van der Waals surface area (Å²) in [6.07, 6.45) is 0. The lowest BCUT2D eigenvalue weighted by molar-refractivity contribution is -0.142. The maximum absolute atomic E-state index is 13.5. The Labute approximate surface area is 112 Å². The molecular formula is C13H12F3NO3. The predicted octanol–water partition coefficient (Wildman–Crippen LogP) is 1.90. The molecule has 1 saturated heterocycles. The Morgan fingerprint density at radius 3 is 2.20 bits per heavy atom. The molecule has 4 nitrogen and oxygen atoms in total. The van der Waals surface area contributed by atoms with Crippen molar-refractivity contribution in [1.82, 2.24) is 4.90 Å². The van der Waals surface area contributed by atoms with Gasteiger partial charge >= 0.3 is 5.97 Å². The average Bonchev–Trinajstić information content (AvgIpc) is 2.69. The predicted molar refractivity (Wildman–Crippen MR) is 62.5 cm³/mol. The topological polar surface area (TPSA) is 57.6 Å². The van der Waals surface area contributed by atoms with Gasteiger partial charge in [0.25, 0.3) is 5.91 Å². The van der Waals surface area contributed by atoms with E-state index in [4.69, 9.17) is 5.11 Å². The molecule has 2 rings (SSSR count). The Morgan fingerprint density at radius 1 is 1.20 bits per heavy atom. The summed E-state index contributed by atoms with van der Waals surface area (Å²) < 4.78 is 39.8. The summed E-state index contributed by atoms with van der Waals surface area (Å²) in [4.78, 5) is 24.1. The van der Waals surface area contributed by atoms with Crippen molar-refractivity contribution in [2.24, 2.45) is 11.8 Å². The van der Waals surface area contributed by atoms with E-state index in [9.17, 15) is 22.8 Å². The molecule has 1 N–H and O–H groups in total. The van der Waals surface area contributed by atoms with E-state index >= 15 is 0 Å². The zero-order valence-electron chi connectivity index (χ0n) is 10.6. The van der Waals surface area contributed by atoms with Crippen molar-refractivity contribution in [2.45, 2.75) is 6.92 Å². The number of aliphatic carboxylic acids is 1. The highest BCUT2D eigenvalue weighted by Gasteiger charge is 2.38. The molecule has 20 heavy (non-hydrogen) atoms. The van der Waals surface area contributed by atoms with Crippen molar-refractivity contribution in [1.29, 1.82) is 0 Å². The van der Waals surface area contributed by atoms with Crippen LogP contribution in [0.1, 0.15) is 17.3 Å². The number of carbonyl (C=O) groups is 2. The number of benzene rings is 1. The molecule has 0 aliphatic carbocycles.